The van der Waals surface area contributed by atoms with Gasteiger partial charge < -0.3 is 10.4 Å². The van der Waals surface area contributed by atoms with Gasteiger partial charge in [0.1, 0.15) is 0 Å². The Morgan fingerprint density at radius 3 is 2.60 bits per heavy atom. The van der Waals surface area contributed by atoms with Crippen molar-refractivity contribution in [3.05, 3.63) is 22.4 Å². The van der Waals surface area contributed by atoms with Crippen LogP contribution in [0.25, 0.3) is 0 Å². The van der Waals surface area contributed by atoms with Crippen LogP contribution in [0.5, 0.6) is 0 Å². The van der Waals surface area contributed by atoms with Gasteiger partial charge in [-0.3, -0.25) is 14.9 Å². The molecule has 1 heterocycles. The van der Waals surface area contributed by atoms with Gasteiger partial charge in [0.15, 0.2) is 0 Å². The molecule has 7 heteroatoms. The molecule has 0 radical (unpaired) electrons. The van der Waals surface area contributed by atoms with Crippen LogP contribution in [0.2, 0.25) is 0 Å². The number of hydrogen-bond acceptors (Lipinski definition) is 4. The summed E-state index contributed by atoms with van der Waals surface area (Å²) in [4.78, 5) is 34.2. The van der Waals surface area contributed by atoms with E-state index in [-0.39, 0.29) is 18.7 Å². The van der Waals surface area contributed by atoms with Crippen LogP contribution in [0.15, 0.2) is 17.5 Å². The number of urea groups is 1. The highest BCUT2D eigenvalue weighted by atomic mass is 32.1. The molecule has 0 spiro atoms. The molecule has 3 amide bonds. The molecule has 1 rings (SSSR count). The van der Waals surface area contributed by atoms with Crippen molar-refractivity contribution in [1.29, 1.82) is 0 Å². The van der Waals surface area contributed by atoms with Crippen LogP contribution in [-0.4, -0.2) is 29.6 Å². The summed E-state index contributed by atoms with van der Waals surface area (Å²) in [6.45, 7) is 0.471. The number of rotatable bonds is 8. The number of imide groups is 1. The lowest BCUT2D eigenvalue weighted by atomic mass is 10.2. The second kappa shape index (κ2) is 9.08. The normalized spacial score (nSPS) is 10.0. The highest BCUT2D eigenvalue weighted by Crippen LogP contribution is 2.07. The smallest absolute Gasteiger partial charge is 0.321 e. The Labute approximate surface area is 121 Å². The molecule has 20 heavy (non-hydrogen) atoms. The molecule has 1 aromatic heterocycles. The van der Waals surface area contributed by atoms with Gasteiger partial charge in [-0.05, 0) is 30.7 Å². The maximum atomic E-state index is 11.4. The molecule has 0 atom stereocenters. The van der Waals surface area contributed by atoms with E-state index in [0.717, 1.165) is 6.42 Å². The molecule has 0 aliphatic carbocycles. The Hall–Kier alpha value is -1.89. The standard InChI is InChI=1S/C13H18N2O4S/c16-11(5-1-2-6-12(17)18)15-13(19)14-8-7-10-4-3-9-20-10/h3-4,9H,1-2,5-8H2,(H,17,18)(H2,14,15,16,19). The van der Waals surface area contributed by atoms with E-state index in [4.69, 9.17) is 5.11 Å². The summed E-state index contributed by atoms with van der Waals surface area (Å²) in [5.74, 6) is -1.26. The van der Waals surface area contributed by atoms with Gasteiger partial charge in [-0.1, -0.05) is 6.07 Å². The van der Waals surface area contributed by atoms with E-state index >= 15 is 0 Å². The number of amides is 3. The van der Waals surface area contributed by atoms with Gasteiger partial charge in [-0.25, -0.2) is 4.79 Å². The highest BCUT2D eigenvalue weighted by molar-refractivity contribution is 7.09. The molecule has 110 valence electrons. The quantitative estimate of drug-likeness (QED) is 0.637. The minimum atomic E-state index is -0.878. The van der Waals surface area contributed by atoms with E-state index in [1.165, 1.54) is 4.88 Å². The third-order valence-electron chi connectivity index (χ3n) is 2.53. The maximum Gasteiger partial charge on any atom is 0.321 e. The van der Waals surface area contributed by atoms with E-state index < -0.39 is 12.0 Å². The number of hydrogen-bond donors (Lipinski definition) is 3. The molecule has 0 aliphatic heterocycles. The number of carboxylic acid groups (broad SMARTS) is 1. The number of aliphatic carboxylic acids is 1. The first-order chi connectivity index (χ1) is 9.58. The average molecular weight is 298 g/mol. The molecule has 0 unspecified atom stereocenters. The zero-order valence-corrected chi connectivity index (χ0v) is 11.9. The summed E-state index contributed by atoms with van der Waals surface area (Å²) >= 11 is 1.62. The summed E-state index contributed by atoms with van der Waals surface area (Å²) in [6, 6.07) is 3.42. The second-order valence-electron chi connectivity index (χ2n) is 4.23. The molecule has 0 aliphatic rings. The van der Waals surface area contributed by atoms with E-state index in [2.05, 4.69) is 10.6 Å². The summed E-state index contributed by atoms with van der Waals surface area (Å²) in [5.41, 5.74) is 0. The fourth-order valence-corrected chi connectivity index (χ4v) is 2.26. The summed E-state index contributed by atoms with van der Waals surface area (Å²) < 4.78 is 0. The van der Waals surface area contributed by atoms with Gasteiger partial charge in [0.05, 0.1) is 0 Å². The van der Waals surface area contributed by atoms with Crippen molar-refractivity contribution in [2.45, 2.75) is 32.1 Å². The van der Waals surface area contributed by atoms with Crippen molar-refractivity contribution in [2.24, 2.45) is 0 Å². The Kier molecular flexibility index (Phi) is 7.34. The lowest BCUT2D eigenvalue weighted by molar-refractivity contribution is -0.137. The molecular formula is C13H18N2O4S. The van der Waals surface area contributed by atoms with Crippen LogP contribution in [0, 0.1) is 0 Å². The minimum absolute atomic E-state index is 0.0420. The topological polar surface area (TPSA) is 95.5 Å². The van der Waals surface area contributed by atoms with Crippen LogP contribution in [0.4, 0.5) is 4.79 Å². The zero-order chi connectivity index (χ0) is 14.8. The summed E-state index contributed by atoms with van der Waals surface area (Å²) in [5, 5.41) is 15.2. The van der Waals surface area contributed by atoms with Crippen molar-refractivity contribution >= 4 is 29.2 Å². The average Bonchev–Trinajstić information content (AvgIpc) is 2.87. The molecule has 3 N–H and O–H groups in total. The molecule has 0 saturated heterocycles. The maximum absolute atomic E-state index is 11.4. The van der Waals surface area contributed by atoms with E-state index in [9.17, 15) is 14.4 Å². The van der Waals surface area contributed by atoms with Gasteiger partial charge in [0.2, 0.25) is 5.91 Å². The monoisotopic (exact) mass is 298 g/mol. The van der Waals surface area contributed by atoms with E-state index in [1.807, 2.05) is 17.5 Å². The fourth-order valence-electron chi connectivity index (χ4n) is 1.55. The summed E-state index contributed by atoms with van der Waals surface area (Å²) in [6.07, 6.45) is 1.83. The molecule has 0 bridgehead atoms. The number of thiophene rings is 1. The molecular weight excluding hydrogens is 280 g/mol. The lowest BCUT2D eigenvalue weighted by Crippen LogP contribution is -2.40. The lowest BCUT2D eigenvalue weighted by Gasteiger charge is -2.05. The van der Waals surface area contributed by atoms with Crippen molar-refractivity contribution in [3.8, 4) is 0 Å². The fraction of sp³-hybridized carbons (Fsp3) is 0.462. The van der Waals surface area contributed by atoms with Gasteiger partial charge in [-0.2, -0.15) is 0 Å². The van der Waals surface area contributed by atoms with Gasteiger partial charge in [0.25, 0.3) is 0 Å². The number of nitrogens with one attached hydrogen (secondary N) is 2. The van der Waals surface area contributed by atoms with Crippen molar-refractivity contribution in [1.82, 2.24) is 10.6 Å². The zero-order valence-electron chi connectivity index (χ0n) is 11.1. The van der Waals surface area contributed by atoms with E-state index in [1.54, 1.807) is 11.3 Å². The van der Waals surface area contributed by atoms with Crippen molar-refractivity contribution < 1.29 is 19.5 Å². The number of unbranched alkanes of at least 4 members (excludes halogenated alkanes) is 1. The number of carboxylic acids is 1. The summed E-state index contributed by atoms with van der Waals surface area (Å²) in [7, 11) is 0. The second-order valence-corrected chi connectivity index (χ2v) is 5.27. The van der Waals surface area contributed by atoms with Gasteiger partial charge in [0, 0.05) is 24.3 Å². The first-order valence-electron chi connectivity index (χ1n) is 6.40. The predicted octanol–water partition coefficient (Wildman–Crippen LogP) is 1.76. The number of carbonyl (C=O) groups is 3. The Morgan fingerprint density at radius 2 is 1.95 bits per heavy atom. The highest BCUT2D eigenvalue weighted by Gasteiger charge is 2.07. The Balaban J connectivity index is 2.05. The Morgan fingerprint density at radius 1 is 1.20 bits per heavy atom. The first-order valence-corrected chi connectivity index (χ1v) is 7.28. The Bertz CT molecular complexity index is 445. The van der Waals surface area contributed by atoms with Crippen LogP contribution in [-0.2, 0) is 16.0 Å². The molecule has 0 saturated carbocycles. The minimum Gasteiger partial charge on any atom is -0.481 e. The molecule has 0 aromatic carbocycles. The van der Waals surface area contributed by atoms with Gasteiger partial charge >= 0.3 is 12.0 Å². The number of carbonyl (C=O) groups excluding carboxylic acids is 2. The van der Waals surface area contributed by atoms with Crippen LogP contribution >= 0.6 is 11.3 Å². The third-order valence-corrected chi connectivity index (χ3v) is 3.47. The van der Waals surface area contributed by atoms with Crippen molar-refractivity contribution in [2.75, 3.05) is 6.54 Å². The molecule has 6 nitrogen and oxygen atoms in total. The van der Waals surface area contributed by atoms with Crippen LogP contribution in [0.1, 0.15) is 30.6 Å². The van der Waals surface area contributed by atoms with Crippen molar-refractivity contribution in [3.63, 3.8) is 0 Å². The molecule has 0 fully saturated rings. The largest absolute Gasteiger partial charge is 0.481 e. The molecule has 1 aromatic rings. The van der Waals surface area contributed by atoms with Gasteiger partial charge in [-0.15, -0.1) is 11.3 Å². The third kappa shape index (κ3) is 7.52. The van der Waals surface area contributed by atoms with Crippen LogP contribution in [0.3, 0.4) is 0 Å². The first kappa shape index (κ1) is 16.2. The predicted molar refractivity (Wildman–Crippen MR) is 75.7 cm³/mol. The SMILES string of the molecule is O=C(O)CCCCC(=O)NC(=O)NCCc1cccs1. The van der Waals surface area contributed by atoms with E-state index in [0.29, 0.717) is 19.4 Å². The van der Waals surface area contributed by atoms with Crippen LogP contribution < -0.4 is 10.6 Å².